The predicted octanol–water partition coefficient (Wildman–Crippen LogP) is 1.80. The molecule has 2 rings (SSSR count). The van der Waals surface area contributed by atoms with Gasteiger partial charge in [0, 0.05) is 24.5 Å². The second kappa shape index (κ2) is 5.05. The van der Waals surface area contributed by atoms with E-state index in [1.54, 1.807) is 11.3 Å². The van der Waals surface area contributed by atoms with Gasteiger partial charge in [0.2, 0.25) is 0 Å². The normalized spacial score (nSPS) is 17.0. The van der Waals surface area contributed by atoms with Crippen LogP contribution < -0.4 is 0 Å². The van der Waals surface area contributed by atoms with Crippen LogP contribution in [-0.4, -0.2) is 34.2 Å². The predicted molar refractivity (Wildman–Crippen MR) is 62.0 cm³/mol. The van der Waals surface area contributed by atoms with E-state index in [2.05, 4.69) is 15.3 Å². The molecule has 0 amide bonds. The van der Waals surface area contributed by atoms with E-state index in [1.165, 1.54) is 19.3 Å². The summed E-state index contributed by atoms with van der Waals surface area (Å²) in [7, 11) is 0. The molecule has 0 spiro atoms. The molecule has 1 aliphatic rings. The van der Waals surface area contributed by atoms with E-state index < -0.39 is 0 Å². The van der Waals surface area contributed by atoms with E-state index in [1.807, 2.05) is 6.92 Å². The van der Waals surface area contributed by atoms with Gasteiger partial charge in [0.25, 0.3) is 0 Å². The van der Waals surface area contributed by atoms with Crippen molar-refractivity contribution in [2.24, 2.45) is 0 Å². The summed E-state index contributed by atoms with van der Waals surface area (Å²) >= 11 is 1.70. The van der Waals surface area contributed by atoms with Gasteiger partial charge in [0.1, 0.15) is 0 Å². The molecule has 1 saturated carbocycles. The third-order valence-corrected chi connectivity index (χ3v) is 3.83. The number of thiazole rings is 1. The molecule has 15 heavy (non-hydrogen) atoms. The van der Waals surface area contributed by atoms with Gasteiger partial charge in [0.05, 0.1) is 17.3 Å². The average molecular weight is 226 g/mol. The molecular formula is C11H18N2OS. The van der Waals surface area contributed by atoms with Crippen molar-refractivity contribution in [2.45, 2.75) is 38.8 Å². The lowest BCUT2D eigenvalue weighted by molar-refractivity contribution is 0.0935. The topological polar surface area (TPSA) is 36.4 Å². The molecule has 84 valence electrons. The summed E-state index contributed by atoms with van der Waals surface area (Å²) in [6.07, 6.45) is 3.90. The van der Waals surface area contributed by atoms with Crippen LogP contribution in [0.4, 0.5) is 0 Å². The smallest absolute Gasteiger partial charge is 0.0897 e. The van der Waals surface area contributed by atoms with Crippen molar-refractivity contribution in [3.05, 3.63) is 16.1 Å². The number of aromatic nitrogens is 1. The molecule has 0 bridgehead atoms. The highest BCUT2D eigenvalue weighted by Crippen LogP contribution is 2.26. The van der Waals surface area contributed by atoms with E-state index in [9.17, 15) is 0 Å². The van der Waals surface area contributed by atoms with Crippen molar-refractivity contribution in [3.8, 4) is 0 Å². The standard InChI is InChI=1S/C11H18N2OS/c1-9-12-10(8-15-9)7-13(5-6-14)11-3-2-4-11/h8,11,14H,2-7H2,1H3. The fourth-order valence-electron chi connectivity index (χ4n) is 1.96. The number of aliphatic hydroxyl groups is 1. The minimum absolute atomic E-state index is 0.250. The Morgan fingerprint density at radius 3 is 2.87 bits per heavy atom. The summed E-state index contributed by atoms with van der Waals surface area (Å²) in [4.78, 5) is 6.83. The number of rotatable bonds is 5. The molecule has 1 aliphatic carbocycles. The van der Waals surface area contributed by atoms with Crippen molar-refractivity contribution in [3.63, 3.8) is 0 Å². The molecule has 0 aliphatic heterocycles. The first kappa shape index (κ1) is 11.0. The van der Waals surface area contributed by atoms with Gasteiger partial charge in [-0.15, -0.1) is 11.3 Å². The number of hydrogen-bond donors (Lipinski definition) is 1. The van der Waals surface area contributed by atoms with Crippen LogP contribution >= 0.6 is 11.3 Å². The van der Waals surface area contributed by atoms with Crippen LogP contribution in [0.15, 0.2) is 5.38 Å². The summed E-state index contributed by atoms with van der Waals surface area (Å²) in [6, 6.07) is 0.680. The summed E-state index contributed by atoms with van der Waals surface area (Å²) in [5.41, 5.74) is 1.15. The van der Waals surface area contributed by atoms with Crippen molar-refractivity contribution < 1.29 is 5.11 Å². The number of hydrogen-bond acceptors (Lipinski definition) is 4. The zero-order chi connectivity index (χ0) is 10.7. The highest BCUT2D eigenvalue weighted by Gasteiger charge is 2.24. The van der Waals surface area contributed by atoms with Crippen LogP contribution in [0.1, 0.15) is 30.0 Å². The highest BCUT2D eigenvalue weighted by molar-refractivity contribution is 7.09. The minimum atomic E-state index is 0.250. The maximum Gasteiger partial charge on any atom is 0.0897 e. The Labute approximate surface area is 94.8 Å². The van der Waals surface area contributed by atoms with Gasteiger partial charge in [-0.1, -0.05) is 6.42 Å². The number of aliphatic hydroxyl groups excluding tert-OH is 1. The molecule has 3 nitrogen and oxygen atoms in total. The molecule has 0 aromatic carbocycles. The first-order valence-corrected chi connectivity index (χ1v) is 6.43. The van der Waals surface area contributed by atoms with E-state index in [0.717, 1.165) is 23.8 Å². The first-order valence-electron chi connectivity index (χ1n) is 5.55. The van der Waals surface area contributed by atoms with Crippen molar-refractivity contribution in [1.29, 1.82) is 0 Å². The van der Waals surface area contributed by atoms with Crippen LogP contribution in [0.5, 0.6) is 0 Å². The van der Waals surface area contributed by atoms with Crippen LogP contribution in [0.2, 0.25) is 0 Å². The summed E-state index contributed by atoms with van der Waals surface area (Å²) in [6.45, 7) is 3.96. The molecule has 4 heteroatoms. The lowest BCUT2D eigenvalue weighted by Gasteiger charge is -2.36. The van der Waals surface area contributed by atoms with E-state index in [0.29, 0.717) is 6.04 Å². The van der Waals surface area contributed by atoms with Crippen LogP contribution in [0.3, 0.4) is 0 Å². The highest BCUT2D eigenvalue weighted by atomic mass is 32.1. The van der Waals surface area contributed by atoms with E-state index in [4.69, 9.17) is 5.11 Å². The molecule has 0 radical (unpaired) electrons. The lowest BCUT2D eigenvalue weighted by Crippen LogP contribution is -2.41. The largest absolute Gasteiger partial charge is 0.395 e. The fourth-order valence-corrected chi connectivity index (χ4v) is 2.56. The van der Waals surface area contributed by atoms with Crippen LogP contribution in [0, 0.1) is 6.92 Å². The van der Waals surface area contributed by atoms with Gasteiger partial charge >= 0.3 is 0 Å². The maximum absolute atomic E-state index is 9.03. The Morgan fingerprint density at radius 1 is 1.60 bits per heavy atom. The third kappa shape index (κ3) is 2.77. The first-order chi connectivity index (χ1) is 7.29. The fraction of sp³-hybridized carbons (Fsp3) is 0.727. The molecule has 1 aromatic rings. The molecule has 0 saturated heterocycles. The van der Waals surface area contributed by atoms with Gasteiger partial charge < -0.3 is 5.11 Å². The van der Waals surface area contributed by atoms with E-state index in [-0.39, 0.29) is 6.61 Å². The van der Waals surface area contributed by atoms with Gasteiger partial charge in [-0.2, -0.15) is 0 Å². The van der Waals surface area contributed by atoms with Crippen molar-refractivity contribution >= 4 is 11.3 Å². The quantitative estimate of drug-likeness (QED) is 0.831. The van der Waals surface area contributed by atoms with Crippen LogP contribution in [0.25, 0.3) is 0 Å². The Kier molecular flexibility index (Phi) is 3.72. The molecular weight excluding hydrogens is 208 g/mol. The van der Waals surface area contributed by atoms with Gasteiger partial charge in [-0.05, 0) is 19.8 Å². The Balaban J connectivity index is 1.93. The molecule has 0 unspecified atom stereocenters. The van der Waals surface area contributed by atoms with E-state index >= 15 is 0 Å². The van der Waals surface area contributed by atoms with Gasteiger partial charge in [-0.3, -0.25) is 4.90 Å². The Morgan fingerprint density at radius 2 is 2.40 bits per heavy atom. The molecule has 1 aromatic heterocycles. The Bertz CT molecular complexity index is 309. The maximum atomic E-state index is 9.03. The minimum Gasteiger partial charge on any atom is -0.395 e. The SMILES string of the molecule is Cc1nc(CN(CCO)C2CCC2)cs1. The Hall–Kier alpha value is -0.450. The van der Waals surface area contributed by atoms with Gasteiger partial charge in [-0.25, -0.2) is 4.98 Å². The van der Waals surface area contributed by atoms with Crippen LogP contribution in [-0.2, 0) is 6.54 Å². The zero-order valence-electron chi connectivity index (χ0n) is 9.15. The summed E-state index contributed by atoms with van der Waals surface area (Å²) < 4.78 is 0. The number of nitrogens with zero attached hydrogens (tertiary/aromatic N) is 2. The molecule has 1 heterocycles. The average Bonchev–Trinajstić information content (AvgIpc) is 2.48. The van der Waals surface area contributed by atoms with Gasteiger partial charge in [0.15, 0.2) is 0 Å². The summed E-state index contributed by atoms with van der Waals surface area (Å²) in [5, 5.41) is 12.3. The second-order valence-corrected chi connectivity index (χ2v) is 5.20. The zero-order valence-corrected chi connectivity index (χ0v) is 9.96. The monoisotopic (exact) mass is 226 g/mol. The number of aryl methyl sites for hydroxylation is 1. The summed E-state index contributed by atoms with van der Waals surface area (Å²) in [5.74, 6) is 0. The van der Waals surface area contributed by atoms with Crippen molar-refractivity contribution in [1.82, 2.24) is 9.88 Å². The lowest BCUT2D eigenvalue weighted by atomic mass is 9.91. The van der Waals surface area contributed by atoms with Crippen molar-refractivity contribution in [2.75, 3.05) is 13.2 Å². The molecule has 0 atom stereocenters. The second-order valence-electron chi connectivity index (χ2n) is 4.14. The third-order valence-electron chi connectivity index (χ3n) is 3.01. The molecule has 1 fully saturated rings. The molecule has 1 N–H and O–H groups in total.